The van der Waals surface area contributed by atoms with E-state index in [-0.39, 0.29) is 11.9 Å². The third kappa shape index (κ3) is 2.61. The molecule has 1 aromatic heterocycles. The molecule has 2 heterocycles. The largest absolute Gasteiger partial charge is 0.355 e. The van der Waals surface area contributed by atoms with E-state index in [9.17, 15) is 4.79 Å². The third-order valence-electron chi connectivity index (χ3n) is 2.95. The Labute approximate surface area is 95.2 Å². The molecule has 2 rings (SSSR count). The number of rotatable bonds is 4. The SMILES string of the molecule is Cn1ccnc1CCNC1CCCNC1=O. The Morgan fingerprint density at radius 2 is 2.56 bits per heavy atom. The van der Waals surface area contributed by atoms with Crippen LogP contribution in [0.1, 0.15) is 18.7 Å². The number of piperidine rings is 1. The first-order valence-corrected chi connectivity index (χ1v) is 5.74. The molecule has 1 aliphatic heterocycles. The molecule has 1 saturated heterocycles. The number of carbonyl (C=O) groups excluding carboxylic acids is 1. The summed E-state index contributed by atoms with van der Waals surface area (Å²) in [4.78, 5) is 15.7. The van der Waals surface area contributed by atoms with Crippen LogP contribution in [0.15, 0.2) is 12.4 Å². The first-order valence-electron chi connectivity index (χ1n) is 5.74. The lowest BCUT2D eigenvalue weighted by atomic mass is 10.1. The maximum atomic E-state index is 11.5. The van der Waals surface area contributed by atoms with Crippen LogP contribution in [0.3, 0.4) is 0 Å². The van der Waals surface area contributed by atoms with Gasteiger partial charge in [0.05, 0.1) is 6.04 Å². The Morgan fingerprint density at radius 1 is 1.69 bits per heavy atom. The number of hydrogen-bond acceptors (Lipinski definition) is 3. The van der Waals surface area contributed by atoms with E-state index in [1.807, 2.05) is 17.8 Å². The van der Waals surface area contributed by atoms with Gasteiger partial charge in [0.2, 0.25) is 5.91 Å². The van der Waals surface area contributed by atoms with E-state index in [0.29, 0.717) is 0 Å². The minimum atomic E-state index is -0.0194. The molecule has 0 aliphatic carbocycles. The van der Waals surface area contributed by atoms with Gasteiger partial charge in [-0.25, -0.2) is 4.98 Å². The van der Waals surface area contributed by atoms with E-state index in [1.165, 1.54) is 0 Å². The van der Waals surface area contributed by atoms with Crippen molar-refractivity contribution >= 4 is 5.91 Å². The van der Waals surface area contributed by atoms with Crippen molar-refractivity contribution in [2.24, 2.45) is 7.05 Å². The summed E-state index contributed by atoms with van der Waals surface area (Å²) in [5, 5.41) is 6.14. The van der Waals surface area contributed by atoms with Crippen molar-refractivity contribution in [2.45, 2.75) is 25.3 Å². The second-order valence-electron chi connectivity index (χ2n) is 4.14. The van der Waals surface area contributed by atoms with Gasteiger partial charge in [-0.3, -0.25) is 4.79 Å². The molecule has 1 amide bonds. The van der Waals surface area contributed by atoms with Crippen molar-refractivity contribution in [2.75, 3.05) is 13.1 Å². The first-order chi connectivity index (χ1) is 7.77. The van der Waals surface area contributed by atoms with Crippen molar-refractivity contribution in [3.05, 3.63) is 18.2 Å². The number of aryl methyl sites for hydroxylation is 1. The fourth-order valence-electron chi connectivity index (χ4n) is 1.96. The van der Waals surface area contributed by atoms with Gasteiger partial charge in [-0.2, -0.15) is 0 Å². The average Bonchev–Trinajstić information content (AvgIpc) is 2.67. The predicted octanol–water partition coefficient (Wildman–Crippen LogP) is -0.169. The number of nitrogens with one attached hydrogen (secondary N) is 2. The van der Waals surface area contributed by atoms with Crippen LogP contribution in [0, 0.1) is 0 Å². The highest BCUT2D eigenvalue weighted by atomic mass is 16.2. The Hall–Kier alpha value is -1.36. The average molecular weight is 222 g/mol. The van der Waals surface area contributed by atoms with Crippen LogP contribution in [-0.4, -0.2) is 34.6 Å². The quantitative estimate of drug-likeness (QED) is 0.743. The van der Waals surface area contributed by atoms with E-state index in [2.05, 4.69) is 15.6 Å². The van der Waals surface area contributed by atoms with Gasteiger partial charge >= 0.3 is 0 Å². The molecular weight excluding hydrogens is 204 g/mol. The van der Waals surface area contributed by atoms with Crippen LogP contribution < -0.4 is 10.6 Å². The summed E-state index contributed by atoms with van der Waals surface area (Å²) in [5.74, 6) is 1.18. The van der Waals surface area contributed by atoms with E-state index in [4.69, 9.17) is 0 Å². The maximum absolute atomic E-state index is 11.5. The van der Waals surface area contributed by atoms with Crippen LogP contribution in [0.25, 0.3) is 0 Å². The minimum absolute atomic E-state index is 0.0194. The summed E-state index contributed by atoms with van der Waals surface area (Å²) >= 11 is 0. The Morgan fingerprint density at radius 3 is 3.25 bits per heavy atom. The third-order valence-corrected chi connectivity index (χ3v) is 2.95. The molecule has 0 saturated carbocycles. The Kier molecular flexibility index (Phi) is 3.56. The molecule has 5 heteroatoms. The summed E-state index contributed by atoms with van der Waals surface area (Å²) < 4.78 is 2.00. The van der Waals surface area contributed by atoms with Crippen LogP contribution in [0.4, 0.5) is 0 Å². The van der Waals surface area contributed by atoms with E-state index >= 15 is 0 Å². The molecular formula is C11H18N4O. The van der Waals surface area contributed by atoms with Gasteiger partial charge in [0.25, 0.3) is 0 Å². The van der Waals surface area contributed by atoms with E-state index in [0.717, 1.165) is 38.2 Å². The highest BCUT2D eigenvalue weighted by molar-refractivity contribution is 5.82. The molecule has 5 nitrogen and oxygen atoms in total. The standard InChI is InChI=1S/C11H18N4O/c1-15-8-7-13-10(15)4-6-12-9-3-2-5-14-11(9)16/h7-9,12H,2-6H2,1H3,(H,14,16). The first kappa shape index (κ1) is 11.1. The monoisotopic (exact) mass is 222 g/mol. The second kappa shape index (κ2) is 5.12. The fourth-order valence-corrected chi connectivity index (χ4v) is 1.96. The summed E-state index contributed by atoms with van der Waals surface area (Å²) in [5.41, 5.74) is 0. The Bertz CT molecular complexity index is 361. The summed E-state index contributed by atoms with van der Waals surface area (Å²) in [6.07, 6.45) is 6.58. The zero-order valence-electron chi connectivity index (χ0n) is 9.57. The summed E-state index contributed by atoms with van der Waals surface area (Å²) in [7, 11) is 1.98. The summed E-state index contributed by atoms with van der Waals surface area (Å²) in [6.45, 7) is 1.61. The molecule has 2 N–H and O–H groups in total. The van der Waals surface area contributed by atoms with Crippen molar-refractivity contribution < 1.29 is 4.79 Å². The topological polar surface area (TPSA) is 59.0 Å². The minimum Gasteiger partial charge on any atom is -0.355 e. The van der Waals surface area contributed by atoms with Gasteiger partial charge in [0.15, 0.2) is 0 Å². The van der Waals surface area contributed by atoms with Crippen molar-refractivity contribution in [3.63, 3.8) is 0 Å². The van der Waals surface area contributed by atoms with Crippen molar-refractivity contribution in [1.82, 2.24) is 20.2 Å². The molecule has 0 spiro atoms. The number of nitrogens with zero attached hydrogens (tertiary/aromatic N) is 2. The molecule has 1 aliphatic rings. The molecule has 0 aromatic carbocycles. The van der Waals surface area contributed by atoms with Crippen LogP contribution >= 0.6 is 0 Å². The molecule has 1 fully saturated rings. The highest BCUT2D eigenvalue weighted by Crippen LogP contribution is 2.03. The van der Waals surface area contributed by atoms with Crippen molar-refractivity contribution in [3.8, 4) is 0 Å². The number of carbonyl (C=O) groups is 1. The highest BCUT2D eigenvalue weighted by Gasteiger charge is 2.20. The van der Waals surface area contributed by atoms with Gasteiger partial charge < -0.3 is 15.2 Å². The molecule has 0 radical (unpaired) electrons. The van der Waals surface area contributed by atoms with E-state index < -0.39 is 0 Å². The number of aromatic nitrogens is 2. The number of hydrogen-bond donors (Lipinski definition) is 2. The van der Waals surface area contributed by atoms with Crippen LogP contribution in [0.2, 0.25) is 0 Å². The number of amides is 1. The molecule has 1 atom stereocenters. The molecule has 16 heavy (non-hydrogen) atoms. The summed E-state index contributed by atoms with van der Waals surface area (Å²) in [6, 6.07) is -0.0194. The lowest BCUT2D eigenvalue weighted by molar-refractivity contribution is -0.124. The molecule has 0 bridgehead atoms. The smallest absolute Gasteiger partial charge is 0.237 e. The number of imidazole rings is 1. The normalized spacial score (nSPS) is 20.8. The van der Waals surface area contributed by atoms with E-state index in [1.54, 1.807) is 6.20 Å². The van der Waals surface area contributed by atoms with Gasteiger partial charge in [-0.1, -0.05) is 0 Å². The fraction of sp³-hybridized carbons (Fsp3) is 0.636. The molecule has 88 valence electrons. The van der Waals surface area contributed by atoms with Crippen LogP contribution in [-0.2, 0) is 18.3 Å². The maximum Gasteiger partial charge on any atom is 0.237 e. The van der Waals surface area contributed by atoms with Gasteiger partial charge in [0, 0.05) is 39.0 Å². The lowest BCUT2D eigenvalue weighted by Gasteiger charge is -2.22. The van der Waals surface area contributed by atoms with Gasteiger partial charge in [-0.15, -0.1) is 0 Å². The molecule has 1 unspecified atom stereocenters. The predicted molar refractivity (Wildman–Crippen MR) is 60.9 cm³/mol. The van der Waals surface area contributed by atoms with Gasteiger partial charge in [-0.05, 0) is 12.8 Å². The van der Waals surface area contributed by atoms with Crippen molar-refractivity contribution in [1.29, 1.82) is 0 Å². The second-order valence-corrected chi connectivity index (χ2v) is 4.14. The zero-order valence-corrected chi connectivity index (χ0v) is 9.57. The molecule has 1 aromatic rings. The zero-order chi connectivity index (χ0) is 11.4. The van der Waals surface area contributed by atoms with Crippen LogP contribution in [0.5, 0.6) is 0 Å². The lowest BCUT2D eigenvalue weighted by Crippen LogP contribution is -2.48. The van der Waals surface area contributed by atoms with Gasteiger partial charge in [0.1, 0.15) is 5.82 Å². The Balaban J connectivity index is 1.75.